The molecule has 1 heterocycles. The molecule has 1 aromatic heterocycles. The number of thiazole rings is 1. The number of carboxylic acids is 1. The second kappa shape index (κ2) is 5.81. The van der Waals surface area contributed by atoms with Crippen molar-refractivity contribution < 1.29 is 19.5 Å². The highest BCUT2D eigenvalue weighted by molar-refractivity contribution is 7.13. The Kier molecular flexibility index (Phi) is 4.40. The third kappa shape index (κ3) is 4.51. The molecule has 0 aromatic carbocycles. The van der Waals surface area contributed by atoms with Gasteiger partial charge in [-0.15, -0.1) is 11.3 Å². The van der Waals surface area contributed by atoms with Gasteiger partial charge in [-0.2, -0.15) is 0 Å². The molecule has 16 heavy (non-hydrogen) atoms. The molecule has 1 aromatic rings. The Balaban J connectivity index is 2.29. The third-order valence-electron chi connectivity index (χ3n) is 1.47. The van der Waals surface area contributed by atoms with Crippen molar-refractivity contribution >= 4 is 34.4 Å². The second-order valence-corrected chi connectivity index (χ2v) is 3.63. The molecular formula is C8H9N3O4S. The van der Waals surface area contributed by atoms with Crippen LogP contribution in [-0.2, 0) is 9.59 Å². The van der Waals surface area contributed by atoms with E-state index in [1.165, 1.54) is 17.5 Å². The number of nitrogens with one attached hydrogen (secondary N) is 2. The molecule has 0 atom stereocenters. The topological polar surface area (TPSA) is 108 Å². The number of nitrogens with zero attached hydrogens (tertiary/aromatic N) is 1. The summed E-state index contributed by atoms with van der Waals surface area (Å²) in [5.74, 6) is -1.73. The molecule has 0 saturated carbocycles. The van der Waals surface area contributed by atoms with Gasteiger partial charge in [0.15, 0.2) is 5.13 Å². The second-order valence-electron chi connectivity index (χ2n) is 2.73. The quantitative estimate of drug-likeness (QED) is 0.719. The van der Waals surface area contributed by atoms with Crippen molar-refractivity contribution in [3.8, 4) is 0 Å². The van der Waals surface area contributed by atoms with Crippen LogP contribution in [0.5, 0.6) is 0 Å². The molecule has 0 aliphatic carbocycles. The molecular weight excluding hydrogens is 234 g/mol. The first-order valence-corrected chi connectivity index (χ1v) is 5.18. The van der Waals surface area contributed by atoms with E-state index in [0.29, 0.717) is 5.13 Å². The van der Waals surface area contributed by atoms with Crippen LogP contribution in [0.2, 0.25) is 0 Å². The predicted molar refractivity (Wildman–Crippen MR) is 56.1 cm³/mol. The minimum absolute atomic E-state index is 0.235. The van der Waals surface area contributed by atoms with Gasteiger partial charge in [-0.3, -0.25) is 20.2 Å². The van der Waals surface area contributed by atoms with E-state index in [-0.39, 0.29) is 12.8 Å². The van der Waals surface area contributed by atoms with Crippen molar-refractivity contribution in [3.05, 3.63) is 11.6 Å². The molecule has 0 aliphatic heterocycles. The molecule has 0 spiro atoms. The average Bonchev–Trinajstić information content (AvgIpc) is 2.67. The number of anilines is 1. The summed E-state index contributed by atoms with van der Waals surface area (Å²) in [6, 6.07) is -0.717. The Morgan fingerprint density at radius 3 is 2.69 bits per heavy atom. The summed E-state index contributed by atoms with van der Waals surface area (Å²) in [5, 5.41) is 14.7. The number of carboxylic acid groups (broad SMARTS) is 1. The fourth-order valence-corrected chi connectivity index (χ4v) is 1.35. The van der Waals surface area contributed by atoms with Crippen LogP contribution in [0.1, 0.15) is 12.8 Å². The highest BCUT2D eigenvalue weighted by atomic mass is 32.1. The zero-order valence-electron chi connectivity index (χ0n) is 8.10. The number of aromatic nitrogens is 1. The van der Waals surface area contributed by atoms with Gasteiger partial charge in [0.25, 0.3) is 0 Å². The number of imide groups is 1. The summed E-state index contributed by atoms with van der Waals surface area (Å²) in [4.78, 5) is 36.1. The van der Waals surface area contributed by atoms with E-state index in [4.69, 9.17) is 5.11 Å². The van der Waals surface area contributed by atoms with E-state index in [0.717, 1.165) is 0 Å². The van der Waals surface area contributed by atoms with E-state index >= 15 is 0 Å². The lowest BCUT2D eigenvalue weighted by atomic mass is 10.3. The number of hydrogen-bond donors (Lipinski definition) is 3. The summed E-state index contributed by atoms with van der Waals surface area (Å²) in [6.45, 7) is 0. The summed E-state index contributed by atoms with van der Waals surface area (Å²) < 4.78 is 0. The van der Waals surface area contributed by atoms with E-state index in [1.807, 2.05) is 5.32 Å². The number of carbonyl (C=O) groups is 3. The van der Waals surface area contributed by atoms with E-state index < -0.39 is 17.9 Å². The third-order valence-corrected chi connectivity index (χ3v) is 2.16. The van der Waals surface area contributed by atoms with Gasteiger partial charge >= 0.3 is 12.0 Å². The van der Waals surface area contributed by atoms with Crippen molar-refractivity contribution in [1.29, 1.82) is 0 Å². The number of carbonyl (C=O) groups excluding carboxylic acids is 2. The SMILES string of the molecule is O=C(O)CCC(=O)NC(=O)Nc1nccs1. The van der Waals surface area contributed by atoms with Crippen LogP contribution in [0, 0.1) is 0 Å². The molecule has 3 N–H and O–H groups in total. The highest BCUT2D eigenvalue weighted by Crippen LogP contribution is 2.09. The Morgan fingerprint density at radius 2 is 2.12 bits per heavy atom. The Hall–Kier alpha value is -1.96. The lowest BCUT2D eigenvalue weighted by Crippen LogP contribution is -2.34. The van der Waals surface area contributed by atoms with Gasteiger partial charge in [0.1, 0.15) is 0 Å². The van der Waals surface area contributed by atoms with Crippen LogP contribution >= 0.6 is 11.3 Å². The number of aliphatic carboxylic acids is 1. The minimum Gasteiger partial charge on any atom is -0.481 e. The minimum atomic E-state index is -1.09. The maximum atomic E-state index is 11.1. The van der Waals surface area contributed by atoms with Crippen molar-refractivity contribution in [1.82, 2.24) is 10.3 Å². The van der Waals surface area contributed by atoms with Gasteiger partial charge < -0.3 is 5.11 Å². The van der Waals surface area contributed by atoms with Crippen LogP contribution in [0.3, 0.4) is 0 Å². The largest absolute Gasteiger partial charge is 0.481 e. The monoisotopic (exact) mass is 243 g/mol. The van der Waals surface area contributed by atoms with Crippen LogP contribution in [0.25, 0.3) is 0 Å². The molecule has 0 unspecified atom stereocenters. The molecule has 7 nitrogen and oxygen atoms in total. The van der Waals surface area contributed by atoms with Gasteiger partial charge in [0, 0.05) is 18.0 Å². The Labute approximate surface area is 94.5 Å². The zero-order chi connectivity index (χ0) is 12.0. The van der Waals surface area contributed by atoms with Crippen molar-refractivity contribution in [3.63, 3.8) is 0 Å². The summed E-state index contributed by atoms with van der Waals surface area (Å²) >= 11 is 1.21. The van der Waals surface area contributed by atoms with E-state index in [2.05, 4.69) is 10.3 Å². The summed E-state index contributed by atoms with van der Waals surface area (Å²) in [7, 11) is 0. The summed E-state index contributed by atoms with van der Waals surface area (Å²) in [5.41, 5.74) is 0. The van der Waals surface area contributed by atoms with Crippen LogP contribution in [0.4, 0.5) is 9.93 Å². The van der Waals surface area contributed by atoms with Gasteiger partial charge in [-0.05, 0) is 0 Å². The molecule has 3 amide bonds. The maximum absolute atomic E-state index is 11.1. The van der Waals surface area contributed by atoms with Gasteiger partial charge in [-0.25, -0.2) is 9.78 Å². The molecule has 0 saturated heterocycles. The first-order chi connectivity index (χ1) is 7.58. The number of rotatable bonds is 4. The van der Waals surface area contributed by atoms with Crippen LogP contribution in [0.15, 0.2) is 11.6 Å². The first-order valence-electron chi connectivity index (χ1n) is 4.30. The highest BCUT2D eigenvalue weighted by Gasteiger charge is 2.10. The fourth-order valence-electron chi connectivity index (χ4n) is 0.823. The molecule has 86 valence electrons. The number of urea groups is 1. The van der Waals surface area contributed by atoms with Gasteiger partial charge in [-0.1, -0.05) is 0 Å². The number of hydrogen-bond acceptors (Lipinski definition) is 5. The maximum Gasteiger partial charge on any atom is 0.327 e. The lowest BCUT2D eigenvalue weighted by molar-refractivity contribution is -0.138. The predicted octanol–water partition coefficient (Wildman–Crippen LogP) is 0.656. The molecule has 0 bridgehead atoms. The smallest absolute Gasteiger partial charge is 0.327 e. The van der Waals surface area contributed by atoms with Gasteiger partial charge in [0.2, 0.25) is 5.91 Å². The summed E-state index contributed by atoms with van der Waals surface area (Å²) in [6.07, 6.45) is 0.962. The van der Waals surface area contributed by atoms with E-state index in [9.17, 15) is 14.4 Å². The molecule has 0 fully saturated rings. The molecule has 0 radical (unpaired) electrons. The normalized spacial score (nSPS) is 9.50. The standard InChI is InChI=1S/C8H9N3O4S/c12-5(1-2-6(13)14)10-7(15)11-8-9-3-4-16-8/h3-4H,1-2H2,(H,13,14)(H2,9,10,11,12,15). The zero-order valence-corrected chi connectivity index (χ0v) is 8.91. The van der Waals surface area contributed by atoms with Crippen LogP contribution in [-0.4, -0.2) is 28.0 Å². The Morgan fingerprint density at radius 1 is 1.38 bits per heavy atom. The molecule has 1 rings (SSSR count). The van der Waals surface area contributed by atoms with Crippen molar-refractivity contribution in [2.24, 2.45) is 0 Å². The van der Waals surface area contributed by atoms with Crippen molar-refractivity contribution in [2.45, 2.75) is 12.8 Å². The molecule has 0 aliphatic rings. The van der Waals surface area contributed by atoms with E-state index in [1.54, 1.807) is 5.38 Å². The molecule has 8 heteroatoms. The van der Waals surface area contributed by atoms with Crippen molar-refractivity contribution in [2.75, 3.05) is 5.32 Å². The van der Waals surface area contributed by atoms with Crippen LogP contribution < -0.4 is 10.6 Å². The first kappa shape index (κ1) is 12.1. The number of amides is 3. The van der Waals surface area contributed by atoms with Gasteiger partial charge in [0.05, 0.1) is 6.42 Å². The fraction of sp³-hybridized carbons (Fsp3) is 0.250. The Bertz CT molecular complexity index is 390. The average molecular weight is 243 g/mol. The lowest BCUT2D eigenvalue weighted by Gasteiger charge is -2.02.